The summed E-state index contributed by atoms with van der Waals surface area (Å²) in [4.78, 5) is 27.4. The summed E-state index contributed by atoms with van der Waals surface area (Å²) in [5.41, 5.74) is 1.38. The molecule has 1 saturated heterocycles. The Labute approximate surface area is 142 Å². The van der Waals surface area contributed by atoms with E-state index in [4.69, 9.17) is 4.74 Å². The average molecular weight is 325 g/mol. The molecule has 0 aromatic heterocycles. The highest BCUT2D eigenvalue weighted by molar-refractivity contribution is 6.10. The molecule has 2 amide bonds. The van der Waals surface area contributed by atoms with Gasteiger partial charge in [0.15, 0.2) is 0 Å². The van der Waals surface area contributed by atoms with E-state index >= 15 is 0 Å². The zero-order valence-corrected chi connectivity index (χ0v) is 14.1. The van der Waals surface area contributed by atoms with Crippen LogP contribution in [-0.2, 0) is 15.0 Å². The van der Waals surface area contributed by atoms with Crippen LogP contribution < -0.4 is 4.74 Å². The van der Waals surface area contributed by atoms with Crippen LogP contribution in [0, 0.1) is 5.92 Å². The summed E-state index contributed by atoms with van der Waals surface area (Å²) in [5.74, 6) is 1.20. The molecule has 2 fully saturated rings. The first-order valence-electron chi connectivity index (χ1n) is 8.84. The smallest absolute Gasteiger partial charge is 0.256 e. The summed E-state index contributed by atoms with van der Waals surface area (Å²) in [5, 5.41) is 0. The van der Waals surface area contributed by atoms with Crippen LogP contribution in [0.25, 0.3) is 0 Å². The summed E-state index contributed by atoms with van der Waals surface area (Å²) in [6.45, 7) is 0.600. The number of hydrogen-bond donors (Lipinski definition) is 0. The lowest BCUT2D eigenvalue weighted by Gasteiger charge is -2.44. The van der Waals surface area contributed by atoms with Gasteiger partial charge in [0, 0.05) is 24.0 Å². The van der Waals surface area contributed by atoms with Crippen molar-refractivity contribution >= 4 is 11.8 Å². The van der Waals surface area contributed by atoms with Gasteiger partial charge in [0.1, 0.15) is 5.75 Å². The van der Waals surface area contributed by atoms with Gasteiger partial charge in [-0.1, -0.05) is 18.2 Å². The Kier molecular flexibility index (Phi) is 3.70. The van der Waals surface area contributed by atoms with E-state index in [0.717, 1.165) is 49.0 Å². The Morgan fingerprint density at radius 1 is 1.29 bits per heavy atom. The number of rotatable bonds is 4. The van der Waals surface area contributed by atoms with Gasteiger partial charge in [-0.15, -0.1) is 0 Å². The molecule has 1 aromatic carbocycles. The third kappa shape index (κ3) is 2.45. The number of carbonyl (C=O) groups excluding carboxylic acids is 2. The molecule has 1 saturated carbocycles. The number of amides is 2. The minimum Gasteiger partial charge on any atom is -0.497 e. The van der Waals surface area contributed by atoms with Crippen LogP contribution in [0.5, 0.6) is 5.75 Å². The molecule has 4 nitrogen and oxygen atoms in total. The van der Waals surface area contributed by atoms with E-state index in [0.29, 0.717) is 18.9 Å². The normalized spacial score (nSPS) is 26.9. The standard InChI is InChI=1S/C20H23NO3/c1-24-16-6-4-5-15(11-16)20-10-3-2-7-17(20)19(23)21(18(22)12-20)13-14-8-9-14/h4-7,11,14H,2-3,8-10,12-13H2,1H3. The van der Waals surface area contributed by atoms with Crippen molar-refractivity contribution in [1.29, 1.82) is 0 Å². The maximum atomic E-state index is 13.1. The summed E-state index contributed by atoms with van der Waals surface area (Å²) in [6.07, 6.45) is 7.50. The first-order chi connectivity index (χ1) is 11.6. The largest absolute Gasteiger partial charge is 0.497 e. The van der Waals surface area contributed by atoms with Crippen LogP contribution in [0.15, 0.2) is 35.9 Å². The number of imide groups is 1. The number of hydrogen-bond acceptors (Lipinski definition) is 3. The van der Waals surface area contributed by atoms with Gasteiger partial charge in [-0.3, -0.25) is 14.5 Å². The van der Waals surface area contributed by atoms with Crippen molar-refractivity contribution in [1.82, 2.24) is 4.90 Å². The van der Waals surface area contributed by atoms with E-state index in [9.17, 15) is 9.59 Å². The molecule has 2 aliphatic carbocycles. The van der Waals surface area contributed by atoms with Crippen LogP contribution in [0.1, 0.15) is 44.1 Å². The molecular weight excluding hydrogens is 302 g/mol. The summed E-state index contributed by atoms with van der Waals surface area (Å²) in [7, 11) is 1.64. The maximum Gasteiger partial charge on any atom is 0.256 e. The van der Waals surface area contributed by atoms with E-state index in [2.05, 4.69) is 6.08 Å². The first-order valence-corrected chi connectivity index (χ1v) is 8.84. The molecule has 0 radical (unpaired) electrons. The molecule has 126 valence electrons. The van der Waals surface area contributed by atoms with Gasteiger partial charge in [0.05, 0.1) is 7.11 Å². The summed E-state index contributed by atoms with van der Waals surface area (Å²) >= 11 is 0. The zero-order chi connectivity index (χ0) is 16.7. The third-order valence-electron chi connectivity index (χ3n) is 5.66. The SMILES string of the molecule is COc1cccc(C23CCCC=C2C(=O)N(CC2CC2)C(=O)C3)c1. The van der Waals surface area contributed by atoms with Gasteiger partial charge in [-0.2, -0.15) is 0 Å². The topological polar surface area (TPSA) is 46.6 Å². The van der Waals surface area contributed by atoms with Crippen LogP contribution in [0.2, 0.25) is 0 Å². The molecule has 1 aliphatic heterocycles. The molecule has 24 heavy (non-hydrogen) atoms. The number of benzene rings is 1. The van der Waals surface area contributed by atoms with Crippen molar-refractivity contribution in [3.8, 4) is 5.75 Å². The Hall–Kier alpha value is -2.10. The summed E-state index contributed by atoms with van der Waals surface area (Å²) < 4.78 is 5.36. The number of carbonyl (C=O) groups is 2. The number of allylic oxidation sites excluding steroid dienone is 1. The molecule has 3 aliphatic rings. The molecule has 1 heterocycles. The molecule has 1 unspecified atom stereocenters. The monoisotopic (exact) mass is 325 g/mol. The maximum absolute atomic E-state index is 13.1. The first kappa shape index (κ1) is 15.4. The molecule has 1 aromatic rings. The minimum absolute atomic E-state index is 0.0197. The summed E-state index contributed by atoms with van der Waals surface area (Å²) in [6, 6.07) is 7.86. The van der Waals surface area contributed by atoms with Crippen LogP contribution in [-0.4, -0.2) is 30.4 Å². The average Bonchev–Trinajstić information content (AvgIpc) is 3.43. The Morgan fingerprint density at radius 3 is 2.88 bits per heavy atom. The molecule has 4 heteroatoms. The fraction of sp³-hybridized carbons (Fsp3) is 0.500. The number of ether oxygens (including phenoxy) is 1. The van der Waals surface area contributed by atoms with Crippen molar-refractivity contribution in [2.75, 3.05) is 13.7 Å². The predicted molar refractivity (Wildman–Crippen MR) is 90.7 cm³/mol. The van der Waals surface area contributed by atoms with Crippen molar-refractivity contribution in [3.05, 3.63) is 41.5 Å². The number of fused-ring (bicyclic) bond motifs is 1. The second kappa shape index (κ2) is 5.76. The molecular formula is C20H23NO3. The van der Waals surface area contributed by atoms with Gasteiger partial charge < -0.3 is 4.74 Å². The van der Waals surface area contributed by atoms with Crippen molar-refractivity contribution < 1.29 is 14.3 Å². The molecule has 0 spiro atoms. The number of nitrogens with zero attached hydrogens (tertiary/aromatic N) is 1. The van der Waals surface area contributed by atoms with Gasteiger partial charge in [-0.25, -0.2) is 0 Å². The van der Waals surface area contributed by atoms with Crippen molar-refractivity contribution in [2.24, 2.45) is 5.92 Å². The van der Waals surface area contributed by atoms with Gasteiger partial charge >= 0.3 is 0 Å². The van der Waals surface area contributed by atoms with Crippen molar-refractivity contribution in [3.63, 3.8) is 0 Å². The van der Waals surface area contributed by atoms with E-state index in [1.54, 1.807) is 7.11 Å². The van der Waals surface area contributed by atoms with Gasteiger partial charge in [0.2, 0.25) is 5.91 Å². The van der Waals surface area contributed by atoms with Gasteiger partial charge in [-0.05, 0) is 55.7 Å². The third-order valence-corrected chi connectivity index (χ3v) is 5.66. The second-order valence-corrected chi connectivity index (χ2v) is 7.25. The van der Waals surface area contributed by atoms with Crippen LogP contribution >= 0.6 is 0 Å². The van der Waals surface area contributed by atoms with E-state index in [1.807, 2.05) is 24.3 Å². The molecule has 1 atom stereocenters. The zero-order valence-electron chi connectivity index (χ0n) is 14.1. The highest BCUT2D eigenvalue weighted by atomic mass is 16.5. The van der Waals surface area contributed by atoms with E-state index in [-0.39, 0.29) is 11.8 Å². The lowest BCUT2D eigenvalue weighted by atomic mass is 9.63. The van der Waals surface area contributed by atoms with E-state index in [1.165, 1.54) is 4.90 Å². The lowest BCUT2D eigenvalue weighted by molar-refractivity contribution is -0.147. The fourth-order valence-corrected chi connectivity index (χ4v) is 4.13. The highest BCUT2D eigenvalue weighted by Gasteiger charge is 2.50. The van der Waals surface area contributed by atoms with Crippen LogP contribution in [0.3, 0.4) is 0 Å². The number of likely N-dealkylation sites (tertiary alicyclic amines) is 1. The highest BCUT2D eigenvalue weighted by Crippen LogP contribution is 2.48. The predicted octanol–water partition coefficient (Wildman–Crippen LogP) is 3.21. The van der Waals surface area contributed by atoms with Gasteiger partial charge in [0.25, 0.3) is 5.91 Å². The lowest BCUT2D eigenvalue weighted by Crippen LogP contribution is -2.53. The quantitative estimate of drug-likeness (QED) is 0.799. The Balaban J connectivity index is 1.75. The number of methoxy groups -OCH3 is 1. The molecule has 0 N–H and O–H groups in total. The molecule has 0 bridgehead atoms. The fourth-order valence-electron chi connectivity index (χ4n) is 4.13. The Bertz CT molecular complexity index is 719. The van der Waals surface area contributed by atoms with Crippen molar-refractivity contribution in [2.45, 2.75) is 43.9 Å². The Morgan fingerprint density at radius 2 is 2.12 bits per heavy atom. The second-order valence-electron chi connectivity index (χ2n) is 7.25. The van der Waals surface area contributed by atoms with Crippen LogP contribution in [0.4, 0.5) is 0 Å². The minimum atomic E-state index is -0.471. The molecule has 4 rings (SSSR count). The van der Waals surface area contributed by atoms with E-state index < -0.39 is 5.41 Å². The number of piperidine rings is 1.